The fourth-order valence-electron chi connectivity index (χ4n) is 2.58. The minimum absolute atomic E-state index is 0.362. The molecule has 116 valence electrons. The third-order valence-corrected chi connectivity index (χ3v) is 3.68. The van der Waals surface area contributed by atoms with E-state index >= 15 is 0 Å². The molecule has 6 heteroatoms. The maximum atomic E-state index is 5.71. The van der Waals surface area contributed by atoms with Crippen molar-refractivity contribution in [3.63, 3.8) is 0 Å². The lowest BCUT2D eigenvalue weighted by Gasteiger charge is -2.18. The summed E-state index contributed by atoms with van der Waals surface area (Å²) in [7, 11) is 5.03. The van der Waals surface area contributed by atoms with E-state index < -0.39 is 0 Å². The van der Waals surface area contributed by atoms with Gasteiger partial charge in [-0.25, -0.2) is 0 Å². The number of aliphatic imine (C=N–C) groups is 1. The molecule has 1 fully saturated rings. The molecular weight excluding hydrogens is 268 g/mol. The standard InChI is InChI=1S/C15H24N4O2/c1-17-15(16)18-12-4-5-19(10-12)9-11-6-13(20-2)8-14(7-11)21-3/h6-8,12H,4-5,9-10H2,1-3H3,(H3,16,17,18). The van der Waals surface area contributed by atoms with Gasteiger partial charge in [-0.15, -0.1) is 0 Å². The third kappa shape index (κ3) is 4.26. The van der Waals surface area contributed by atoms with Crippen molar-refractivity contribution in [2.24, 2.45) is 10.7 Å². The van der Waals surface area contributed by atoms with Crippen LogP contribution in [0.2, 0.25) is 0 Å². The molecule has 1 unspecified atom stereocenters. The molecule has 1 saturated heterocycles. The van der Waals surface area contributed by atoms with Gasteiger partial charge in [0.2, 0.25) is 0 Å². The van der Waals surface area contributed by atoms with Gasteiger partial charge in [-0.1, -0.05) is 0 Å². The summed E-state index contributed by atoms with van der Waals surface area (Å²) in [6, 6.07) is 6.34. The molecule has 1 aromatic carbocycles. The predicted octanol–water partition coefficient (Wildman–Crippen LogP) is 0.812. The highest BCUT2D eigenvalue weighted by Gasteiger charge is 2.22. The van der Waals surface area contributed by atoms with Gasteiger partial charge in [0.15, 0.2) is 5.96 Å². The monoisotopic (exact) mass is 292 g/mol. The van der Waals surface area contributed by atoms with Crippen molar-refractivity contribution in [2.75, 3.05) is 34.4 Å². The molecule has 6 nitrogen and oxygen atoms in total. The van der Waals surface area contributed by atoms with Crippen LogP contribution in [0.4, 0.5) is 0 Å². The van der Waals surface area contributed by atoms with Crippen LogP contribution in [0.5, 0.6) is 11.5 Å². The van der Waals surface area contributed by atoms with Crippen LogP contribution in [0.15, 0.2) is 23.2 Å². The Morgan fingerprint density at radius 3 is 2.57 bits per heavy atom. The quantitative estimate of drug-likeness (QED) is 0.621. The molecule has 1 heterocycles. The van der Waals surface area contributed by atoms with Crippen LogP contribution in [-0.4, -0.2) is 51.3 Å². The van der Waals surface area contributed by atoms with E-state index in [1.165, 1.54) is 5.56 Å². The fraction of sp³-hybridized carbons (Fsp3) is 0.533. The number of benzene rings is 1. The SMILES string of the molecule is CN=C(N)NC1CCN(Cc2cc(OC)cc(OC)c2)C1. The van der Waals surface area contributed by atoms with Gasteiger partial charge in [0, 0.05) is 38.8 Å². The van der Waals surface area contributed by atoms with Crippen molar-refractivity contribution in [1.29, 1.82) is 0 Å². The second-order valence-corrected chi connectivity index (χ2v) is 5.19. The zero-order valence-electron chi connectivity index (χ0n) is 12.9. The van der Waals surface area contributed by atoms with Crippen LogP contribution in [0.3, 0.4) is 0 Å². The fourth-order valence-corrected chi connectivity index (χ4v) is 2.58. The summed E-state index contributed by atoms with van der Waals surface area (Å²) in [6.07, 6.45) is 1.07. The van der Waals surface area contributed by atoms with E-state index in [4.69, 9.17) is 15.2 Å². The molecular formula is C15H24N4O2. The van der Waals surface area contributed by atoms with Crippen LogP contribution < -0.4 is 20.5 Å². The van der Waals surface area contributed by atoms with E-state index in [1.54, 1.807) is 21.3 Å². The number of hydrogen-bond acceptors (Lipinski definition) is 4. The van der Waals surface area contributed by atoms with E-state index in [1.807, 2.05) is 18.2 Å². The Hall–Kier alpha value is -1.95. The van der Waals surface area contributed by atoms with Crippen molar-refractivity contribution in [3.05, 3.63) is 23.8 Å². The van der Waals surface area contributed by atoms with Gasteiger partial charge < -0.3 is 20.5 Å². The van der Waals surface area contributed by atoms with Gasteiger partial charge in [0.1, 0.15) is 11.5 Å². The second-order valence-electron chi connectivity index (χ2n) is 5.19. The van der Waals surface area contributed by atoms with Gasteiger partial charge >= 0.3 is 0 Å². The minimum Gasteiger partial charge on any atom is -0.497 e. The smallest absolute Gasteiger partial charge is 0.188 e. The summed E-state index contributed by atoms with van der Waals surface area (Å²) in [5.41, 5.74) is 6.90. The number of nitrogens with one attached hydrogen (secondary N) is 1. The molecule has 0 saturated carbocycles. The molecule has 0 amide bonds. The predicted molar refractivity (Wildman–Crippen MR) is 83.9 cm³/mol. The summed E-state index contributed by atoms with van der Waals surface area (Å²) < 4.78 is 10.6. The Bertz CT molecular complexity index is 482. The van der Waals surface area contributed by atoms with E-state index in [-0.39, 0.29) is 0 Å². The Morgan fingerprint density at radius 2 is 2.00 bits per heavy atom. The summed E-state index contributed by atoms with van der Waals surface area (Å²) in [5.74, 6) is 2.14. The zero-order chi connectivity index (χ0) is 15.2. The van der Waals surface area contributed by atoms with Gasteiger partial charge in [-0.2, -0.15) is 0 Å². The van der Waals surface area contributed by atoms with Crippen molar-refractivity contribution < 1.29 is 9.47 Å². The molecule has 0 radical (unpaired) electrons. The minimum atomic E-state index is 0.362. The first kappa shape index (κ1) is 15.4. The van der Waals surface area contributed by atoms with Gasteiger partial charge in [0.25, 0.3) is 0 Å². The Morgan fingerprint density at radius 1 is 1.33 bits per heavy atom. The summed E-state index contributed by atoms with van der Waals surface area (Å²) in [5, 5.41) is 3.23. The number of likely N-dealkylation sites (tertiary alicyclic amines) is 1. The molecule has 1 aromatic rings. The zero-order valence-corrected chi connectivity index (χ0v) is 12.9. The van der Waals surface area contributed by atoms with Crippen molar-refractivity contribution in [2.45, 2.75) is 19.0 Å². The van der Waals surface area contributed by atoms with E-state index in [0.29, 0.717) is 12.0 Å². The second kappa shape index (κ2) is 7.17. The number of hydrogen-bond donors (Lipinski definition) is 2. The van der Waals surface area contributed by atoms with Gasteiger partial charge in [-0.05, 0) is 24.1 Å². The Kier molecular flexibility index (Phi) is 5.27. The van der Waals surface area contributed by atoms with Crippen LogP contribution in [-0.2, 0) is 6.54 Å². The summed E-state index contributed by atoms with van der Waals surface area (Å²) in [6.45, 7) is 2.86. The molecule has 3 N–H and O–H groups in total. The molecule has 0 aromatic heterocycles. The lowest BCUT2D eigenvalue weighted by molar-refractivity contribution is 0.322. The first-order valence-corrected chi connectivity index (χ1v) is 7.07. The van der Waals surface area contributed by atoms with Crippen LogP contribution in [0.1, 0.15) is 12.0 Å². The van der Waals surface area contributed by atoms with Crippen molar-refractivity contribution >= 4 is 5.96 Å². The van der Waals surface area contributed by atoms with Crippen LogP contribution >= 0.6 is 0 Å². The Labute approximate surface area is 125 Å². The van der Waals surface area contributed by atoms with Crippen molar-refractivity contribution in [1.82, 2.24) is 10.2 Å². The van der Waals surface area contributed by atoms with Crippen LogP contribution in [0, 0.1) is 0 Å². The molecule has 0 spiro atoms. The average Bonchev–Trinajstić information content (AvgIpc) is 2.93. The first-order chi connectivity index (χ1) is 10.1. The molecule has 1 aliphatic rings. The number of guanidine groups is 1. The summed E-state index contributed by atoms with van der Waals surface area (Å²) >= 11 is 0. The topological polar surface area (TPSA) is 72.1 Å². The maximum Gasteiger partial charge on any atom is 0.188 e. The van der Waals surface area contributed by atoms with E-state index in [0.717, 1.165) is 37.6 Å². The molecule has 1 atom stereocenters. The lowest BCUT2D eigenvalue weighted by Crippen LogP contribution is -2.41. The highest BCUT2D eigenvalue weighted by atomic mass is 16.5. The van der Waals surface area contributed by atoms with Crippen molar-refractivity contribution in [3.8, 4) is 11.5 Å². The molecule has 2 rings (SSSR count). The number of ether oxygens (including phenoxy) is 2. The molecule has 0 bridgehead atoms. The number of nitrogens with two attached hydrogens (primary N) is 1. The third-order valence-electron chi connectivity index (χ3n) is 3.68. The Balaban J connectivity index is 1.96. The molecule has 0 aliphatic carbocycles. The molecule has 1 aliphatic heterocycles. The first-order valence-electron chi connectivity index (χ1n) is 7.07. The highest BCUT2D eigenvalue weighted by Crippen LogP contribution is 2.24. The maximum absolute atomic E-state index is 5.71. The van der Waals surface area contributed by atoms with E-state index in [2.05, 4.69) is 15.2 Å². The largest absolute Gasteiger partial charge is 0.497 e. The number of methoxy groups -OCH3 is 2. The lowest BCUT2D eigenvalue weighted by atomic mass is 10.2. The summed E-state index contributed by atoms with van der Waals surface area (Å²) in [4.78, 5) is 6.32. The highest BCUT2D eigenvalue weighted by molar-refractivity contribution is 5.78. The molecule has 21 heavy (non-hydrogen) atoms. The van der Waals surface area contributed by atoms with Crippen LogP contribution in [0.25, 0.3) is 0 Å². The number of nitrogens with zero attached hydrogens (tertiary/aromatic N) is 2. The van der Waals surface area contributed by atoms with E-state index in [9.17, 15) is 0 Å². The number of rotatable bonds is 5. The normalized spacial score (nSPS) is 19.6. The van der Waals surface area contributed by atoms with Gasteiger partial charge in [-0.3, -0.25) is 9.89 Å². The van der Waals surface area contributed by atoms with Gasteiger partial charge in [0.05, 0.1) is 14.2 Å². The average molecular weight is 292 g/mol.